The quantitative estimate of drug-likeness (QED) is 0.825. The number of halogens is 3. The van der Waals surface area contributed by atoms with Crippen LogP contribution >= 0.6 is 36.4 Å². The Hall–Kier alpha value is 0.01000. The van der Waals surface area contributed by atoms with Crippen molar-refractivity contribution in [3.05, 3.63) is 34.9 Å². The van der Waals surface area contributed by atoms with E-state index >= 15 is 0 Å². The maximum atomic E-state index is 6.20. The zero-order valence-electron chi connectivity index (χ0n) is 11.5. The van der Waals surface area contributed by atoms with E-state index in [2.05, 4.69) is 26.0 Å². The highest BCUT2D eigenvalue weighted by Crippen LogP contribution is 2.27. The van der Waals surface area contributed by atoms with Gasteiger partial charge in [-0.05, 0) is 37.0 Å². The lowest BCUT2D eigenvalue weighted by atomic mass is 9.85. The number of rotatable bonds is 6. The topological polar surface area (TPSA) is 52.0 Å². The Morgan fingerprint density at radius 2 is 1.53 bits per heavy atom. The molecule has 0 bridgehead atoms. The predicted molar refractivity (Wildman–Crippen MR) is 89.8 cm³/mol. The first-order valence-electron chi connectivity index (χ1n) is 6.35. The van der Waals surface area contributed by atoms with Crippen LogP contribution in [0.1, 0.15) is 44.6 Å². The first-order valence-corrected chi connectivity index (χ1v) is 6.72. The summed E-state index contributed by atoms with van der Waals surface area (Å²) in [6, 6.07) is 8.34. The number of benzene rings is 1. The van der Waals surface area contributed by atoms with Gasteiger partial charge in [-0.25, -0.2) is 0 Å². The maximum Gasteiger partial charge on any atom is 0.0406 e. The fourth-order valence-electron chi connectivity index (χ4n) is 2.05. The third-order valence-electron chi connectivity index (χ3n) is 3.37. The van der Waals surface area contributed by atoms with Gasteiger partial charge in [0.15, 0.2) is 0 Å². The minimum absolute atomic E-state index is 0. The van der Waals surface area contributed by atoms with E-state index in [1.807, 2.05) is 12.1 Å². The smallest absolute Gasteiger partial charge is 0.0406 e. The summed E-state index contributed by atoms with van der Waals surface area (Å²) in [6.45, 7) is 4.23. The van der Waals surface area contributed by atoms with Gasteiger partial charge in [-0.3, -0.25) is 0 Å². The molecule has 1 rings (SSSR count). The van der Waals surface area contributed by atoms with Crippen LogP contribution in [-0.4, -0.2) is 12.1 Å². The molecule has 0 aliphatic carbocycles. The van der Waals surface area contributed by atoms with Crippen molar-refractivity contribution in [2.75, 3.05) is 0 Å². The Morgan fingerprint density at radius 1 is 1.00 bits per heavy atom. The minimum atomic E-state index is 0. The zero-order valence-corrected chi connectivity index (χ0v) is 13.9. The fourth-order valence-corrected chi connectivity index (χ4v) is 2.17. The molecule has 19 heavy (non-hydrogen) atoms. The highest BCUT2D eigenvalue weighted by molar-refractivity contribution is 6.30. The Balaban J connectivity index is 0. The zero-order chi connectivity index (χ0) is 12.8. The van der Waals surface area contributed by atoms with Crippen LogP contribution in [0.2, 0.25) is 5.02 Å². The third kappa shape index (κ3) is 6.82. The van der Waals surface area contributed by atoms with Gasteiger partial charge in [0.1, 0.15) is 0 Å². The summed E-state index contributed by atoms with van der Waals surface area (Å²) in [7, 11) is 0. The molecule has 0 amide bonds. The molecule has 4 N–H and O–H groups in total. The SMILES string of the molecule is CCC(N)CC(c1ccc(Cl)cc1)C(N)CC.Cl.Cl. The Bertz CT molecular complexity index is 330. The third-order valence-corrected chi connectivity index (χ3v) is 3.62. The summed E-state index contributed by atoms with van der Waals surface area (Å²) in [5.41, 5.74) is 13.5. The van der Waals surface area contributed by atoms with E-state index in [0.717, 1.165) is 24.3 Å². The summed E-state index contributed by atoms with van der Waals surface area (Å²) >= 11 is 5.91. The van der Waals surface area contributed by atoms with Gasteiger partial charge in [0, 0.05) is 23.0 Å². The van der Waals surface area contributed by atoms with Crippen LogP contribution in [0.3, 0.4) is 0 Å². The standard InChI is InChI=1S/C14H23ClN2.2ClH/c1-3-12(16)9-13(14(17)4-2)10-5-7-11(15)8-6-10;;/h5-8,12-14H,3-4,9,16-17H2,1-2H3;2*1H. The second kappa shape index (κ2) is 10.8. The molecule has 1 aromatic carbocycles. The lowest BCUT2D eigenvalue weighted by molar-refractivity contribution is 0.439. The van der Waals surface area contributed by atoms with Crippen molar-refractivity contribution < 1.29 is 0 Å². The monoisotopic (exact) mass is 326 g/mol. The fraction of sp³-hybridized carbons (Fsp3) is 0.571. The van der Waals surface area contributed by atoms with E-state index in [4.69, 9.17) is 23.1 Å². The molecule has 0 saturated heterocycles. The molecule has 3 atom stereocenters. The second-order valence-corrected chi connectivity index (χ2v) is 5.07. The molecule has 0 fully saturated rings. The Kier molecular flexibility index (Phi) is 12.1. The molecule has 0 aromatic heterocycles. The molecule has 0 heterocycles. The van der Waals surface area contributed by atoms with Gasteiger partial charge in [-0.2, -0.15) is 0 Å². The van der Waals surface area contributed by atoms with E-state index in [9.17, 15) is 0 Å². The van der Waals surface area contributed by atoms with Crippen LogP contribution in [0.25, 0.3) is 0 Å². The number of nitrogens with two attached hydrogens (primary N) is 2. The maximum absolute atomic E-state index is 6.20. The molecule has 3 unspecified atom stereocenters. The van der Waals surface area contributed by atoms with E-state index in [1.165, 1.54) is 5.56 Å². The Morgan fingerprint density at radius 3 is 1.95 bits per heavy atom. The molecule has 0 radical (unpaired) electrons. The van der Waals surface area contributed by atoms with Gasteiger partial charge in [-0.1, -0.05) is 37.6 Å². The van der Waals surface area contributed by atoms with Gasteiger partial charge >= 0.3 is 0 Å². The Labute approximate surface area is 134 Å². The van der Waals surface area contributed by atoms with Crippen molar-refractivity contribution in [3.63, 3.8) is 0 Å². The number of hydrogen-bond acceptors (Lipinski definition) is 2. The van der Waals surface area contributed by atoms with Crippen molar-refractivity contribution in [2.45, 2.75) is 51.1 Å². The first-order chi connectivity index (χ1) is 8.08. The highest BCUT2D eigenvalue weighted by atomic mass is 35.5. The summed E-state index contributed by atoms with van der Waals surface area (Å²) < 4.78 is 0. The predicted octanol–water partition coefficient (Wildman–Crippen LogP) is 4.13. The average molecular weight is 328 g/mol. The molecular formula is C14H25Cl3N2. The summed E-state index contributed by atoms with van der Waals surface area (Å²) in [5, 5.41) is 0.761. The van der Waals surface area contributed by atoms with Crippen LogP contribution in [0.4, 0.5) is 0 Å². The van der Waals surface area contributed by atoms with Gasteiger partial charge in [-0.15, -0.1) is 24.8 Å². The lowest BCUT2D eigenvalue weighted by Gasteiger charge is -2.26. The molecule has 112 valence electrons. The average Bonchev–Trinajstić information content (AvgIpc) is 2.36. The van der Waals surface area contributed by atoms with Crippen LogP contribution in [-0.2, 0) is 0 Å². The van der Waals surface area contributed by atoms with Gasteiger partial charge in [0.05, 0.1) is 0 Å². The molecule has 0 aliphatic rings. The summed E-state index contributed by atoms with van der Waals surface area (Å²) in [6.07, 6.45) is 2.89. The molecule has 1 aromatic rings. The molecule has 0 aliphatic heterocycles. The van der Waals surface area contributed by atoms with Crippen LogP contribution < -0.4 is 11.5 Å². The van der Waals surface area contributed by atoms with Crippen molar-refractivity contribution in [1.29, 1.82) is 0 Å². The lowest BCUT2D eigenvalue weighted by Crippen LogP contribution is -2.33. The molecular weight excluding hydrogens is 303 g/mol. The number of hydrogen-bond donors (Lipinski definition) is 2. The largest absolute Gasteiger partial charge is 0.328 e. The summed E-state index contributed by atoms with van der Waals surface area (Å²) in [4.78, 5) is 0. The van der Waals surface area contributed by atoms with Crippen molar-refractivity contribution in [1.82, 2.24) is 0 Å². The van der Waals surface area contributed by atoms with Gasteiger partial charge < -0.3 is 11.5 Å². The first kappa shape index (κ1) is 21.3. The minimum Gasteiger partial charge on any atom is -0.328 e. The van der Waals surface area contributed by atoms with E-state index in [0.29, 0.717) is 5.92 Å². The molecule has 0 saturated carbocycles. The van der Waals surface area contributed by atoms with Crippen molar-refractivity contribution >= 4 is 36.4 Å². The molecule has 2 nitrogen and oxygen atoms in total. The molecule has 0 spiro atoms. The van der Waals surface area contributed by atoms with Crippen LogP contribution in [0.5, 0.6) is 0 Å². The van der Waals surface area contributed by atoms with Crippen LogP contribution in [0.15, 0.2) is 24.3 Å². The second-order valence-electron chi connectivity index (χ2n) is 4.63. The van der Waals surface area contributed by atoms with Crippen LogP contribution in [0, 0.1) is 0 Å². The molecule has 5 heteroatoms. The summed E-state index contributed by atoms with van der Waals surface area (Å²) in [5.74, 6) is 0.326. The van der Waals surface area contributed by atoms with E-state index in [-0.39, 0.29) is 36.9 Å². The highest BCUT2D eigenvalue weighted by Gasteiger charge is 2.20. The van der Waals surface area contributed by atoms with Gasteiger partial charge in [0.25, 0.3) is 0 Å². The van der Waals surface area contributed by atoms with E-state index in [1.54, 1.807) is 0 Å². The van der Waals surface area contributed by atoms with E-state index < -0.39 is 0 Å². The van der Waals surface area contributed by atoms with Crippen molar-refractivity contribution in [3.8, 4) is 0 Å². The normalized spacial score (nSPS) is 14.8. The van der Waals surface area contributed by atoms with Gasteiger partial charge in [0.2, 0.25) is 0 Å². The van der Waals surface area contributed by atoms with Crippen molar-refractivity contribution in [2.24, 2.45) is 11.5 Å².